The first kappa shape index (κ1) is 25.5. The van der Waals surface area contributed by atoms with Crippen molar-refractivity contribution in [1.29, 1.82) is 0 Å². The first-order valence-corrected chi connectivity index (χ1v) is 12.9. The van der Waals surface area contributed by atoms with E-state index in [0.29, 0.717) is 37.3 Å². The maximum atomic E-state index is 11.9. The van der Waals surface area contributed by atoms with Gasteiger partial charge in [0.1, 0.15) is 0 Å². The summed E-state index contributed by atoms with van der Waals surface area (Å²) in [5.74, 6) is 1.43. The number of fused-ring (bicyclic) bond motifs is 1. The summed E-state index contributed by atoms with van der Waals surface area (Å²) in [6.45, 7) is 2.85. The minimum atomic E-state index is -0.631. The number of nitrogens with one attached hydrogen (secondary N) is 1. The zero-order valence-corrected chi connectivity index (χ0v) is 21.3. The van der Waals surface area contributed by atoms with Crippen LogP contribution in [0.4, 0.5) is 0 Å². The molecule has 4 rings (SSSR count). The van der Waals surface area contributed by atoms with E-state index in [9.17, 15) is 4.79 Å². The topological polar surface area (TPSA) is 91.3 Å². The molecule has 0 aliphatic rings. The Bertz CT molecular complexity index is 1280. The number of H-pyrrole nitrogens is 1. The maximum Gasteiger partial charge on any atom is 0.341 e. The lowest BCUT2D eigenvalue weighted by Gasteiger charge is -2.11. The number of aromatic nitrogens is 4. The van der Waals surface area contributed by atoms with Crippen molar-refractivity contribution in [2.24, 2.45) is 0 Å². The van der Waals surface area contributed by atoms with Gasteiger partial charge < -0.3 is 19.2 Å². The number of benzene rings is 2. The Hall–Kier alpha value is -2.56. The number of halogens is 2. The standard InChI is InChI=1S/C24H24Cl2N4O4S/c1-2-33-23(31)18-12-27-30(13-18)24-28-20-7-6-17(11-21(20)29-24)22(26)34-9-8-32-15-35-14-16-4-3-5-19(25)10-16/h3-7,10-13,22H,2,8-9,14-15H2,1H3,(H,28,29). The molecule has 0 amide bonds. The van der Waals surface area contributed by atoms with E-state index >= 15 is 0 Å². The van der Waals surface area contributed by atoms with Crippen LogP contribution in [0.25, 0.3) is 17.0 Å². The Morgan fingerprint density at radius 3 is 2.94 bits per heavy atom. The summed E-state index contributed by atoms with van der Waals surface area (Å²) in [4.78, 5) is 19.6. The summed E-state index contributed by atoms with van der Waals surface area (Å²) in [5.41, 5.74) is 3.18. The number of rotatable bonds is 12. The van der Waals surface area contributed by atoms with Crippen molar-refractivity contribution in [3.05, 3.63) is 76.6 Å². The molecule has 2 aromatic carbocycles. The van der Waals surface area contributed by atoms with E-state index in [0.717, 1.165) is 32.9 Å². The maximum absolute atomic E-state index is 11.9. The van der Waals surface area contributed by atoms with Crippen molar-refractivity contribution < 1.29 is 19.0 Å². The number of nitrogens with zero attached hydrogens (tertiary/aromatic N) is 3. The summed E-state index contributed by atoms with van der Waals surface area (Å²) in [6, 6.07) is 13.4. The molecule has 0 saturated heterocycles. The summed E-state index contributed by atoms with van der Waals surface area (Å²) >= 11 is 14.1. The van der Waals surface area contributed by atoms with Crippen LogP contribution in [0.15, 0.2) is 54.9 Å². The average molecular weight is 535 g/mol. The number of ether oxygens (including phenoxy) is 3. The zero-order valence-electron chi connectivity index (χ0n) is 18.9. The van der Waals surface area contributed by atoms with Crippen LogP contribution in [0.2, 0.25) is 5.02 Å². The van der Waals surface area contributed by atoms with Crippen molar-refractivity contribution >= 4 is 52.0 Å². The third-order valence-electron chi connectivity index (χ3n) is 4.88. The molecule has 0 bridgehead atoms. The lowest BCUT2D eigenvalue weighted by atomic mass is 10.2. The van der Waals surface area contributed by atoms with Gasteiger partial charge in [-0.25, -0.2) is 14.5 Å². The number of imidazole rings is 1. The third kappa shape index (κ3) is 6.99. The molecule has 11 heteroatoms. The second-order valence-corrected chi connectivity index (χ2v) is 9.19. The first-order valence-electron chi connectivity index (χ1n) is 10.9. The van der Waals surface area contributed by atoms with Gasteiger partial charge in [-0.05, 0) is 42.3 Å². The van der Waals surface area contributed by atoms with Crippen LogP contribution in [-0.2, 0) is 20.0 Å². The molecule has 184 valence electrons. The Kier molecular flexibility index (Phi) is 9.06. The summed E-state index contributed by atoms with van der Waals surface area (Å²) in [7, 11) is 0. The zero-order chi connectivity index (χ0) is 24.6. The largest absolute Gasteiger partial charge is 0.462 e. The third-order valence-corrected chi connectivity index (χ3v) is 6.37. The van der Waals surface area contributed by atoms with Crippen molar-refractivity contribution in [1.82, 2.24) is 19.7 Å². The van der Waals surface area contributed by atoms with Gasteiger partial charge in [0.25, 0.3) is 0 Å². The van der Waals surface area contributed by atoms with Crippen LogP contribution in [-0.4, -0.2) is 51.5 Å². The molecule has 0 radical (unpaired) electrons. The van der Waals surface area contributed by atoms with Crippen LogP contribution in [0.5, 0.6) is 0 Å². The van der Waals surface area contributed by atoms with Gasteiger partial charge in [-0.2, -0.15) is 5.10 Å². The highest BCUT2D eigenvalue weighted by atomic mass is 35.5. The van der Waals surface area contributed by atoms with Gasteiger partial charge in [-0.15, -0.1) is 11.8 Å². The monoisotopic (exact) mass is 534 g/mol. The summed E-state index contributed by atoms with van der Waals surface area (Å²) in [5, 5.41) is 4.92. The molecule has 0 aliphatic heterocycles. The molecule has 0 fully saturated rings. The van der Waals surface area contributed by atoms with Crippen LogP contribution in [0, 0.1) is 0 Å². The molecule has 2 heterocycles. The van der Waals surface area contributed by atoms with E-state index in [1.54, 1.807) is 24.9 Å². The molecule has 35 heavy (non-hydrogen) atoms. The number of carbonyl (C=O) groups excluding carboxylic acids is 1. The first-order chi connectivity index (χ1) is 17.0. The average Bonchev–Trinajstić information content (AvgIpc) is 3.50. The number of alkyl halides is 1. The molecule has 0 saturated carbocycles. The number of hydrogen-bond donors (Lipinski definition) is 1. The van der Waals surface area contributed by atoms with E-state index in [1.807, 2.05) is 42.5 Å². The van der Waals surface area contributed by atoms with Crippen molar-refractivity contribution in [3.63, 3.8) is 0 Å². The minimum absolute atomic E-state index is 0.300. The smallest absolute Gasteiger partial charge is 0.341 e. The molecule has 1 unspecified atom stereocenters. The van der Waals surface area contributed by atoms with E-state index in [4.69, 9.17) is 37.4 Å². The van der Waals surface area contributed by atoms with Gasteiger partial charge in [0.2, 0.25) is 5.95 Å². The molecular weight excluding hydrogens is 511 g/mol. The van der Waals surface area contributed by atoms with Gasteiger partial charge in [0.05, 0.1) is 48.6 Å². The Morgan fingerprint density at radius 1 is 1.23 bits per heavy atom. The van der Waals surface area contributed by atoms with Crippen molar-refractivity contribution in [2.45, 2.75) is 18.2 Å². The van der Waals surface area contributed by atoms with Crippen molar-refractivity contribution in [2.75, 3.05) is 25.8 Å². The molecule has 1 atom stereocenters. The van der Waals surface area contributed by atoms with Crippen LogP contribution in [0.3, 0.4) is 0 Å². The fraction of sp³-hybridized carbons (Fsp3) is 0.292. The van der Waals surface area contributed by atoms with E-state index in [1.165, 1.54) is 10.9 Å². The normalized spacial score (nSPS) is 12.2. The highest BCUT2D eigenvalue weighted by Gasteiger charge is 2.14. The highest BCUT2D eigenvalue weighted by Crippen LogP contribution is 2.25. The van der Waals surface area contributed by atoms with Crippen molar-refractivity contribution in [3.8, 4) is 5.95 Å². The quantitative estimate of drug-likeness (QED) is 0.107. The highest BCUT2D eigenvalue weighted by molar-refractivity contribution is 7.98. The fourth-order valence-electron chi connectivity index (χ4n) is 3.23. The lowest BCUT2D eigenvalue weighted by Crippen LogP contribution is -2.06. The van der Waals surface area contributed by atoms with Gasteiger partial charge in [-0.1, -0.05) is 41.4 Å². The second-order valence-electron chi connectivity index (χ2n) is 7.42. The van der Waals surface area contributed by atoms with Crippen LogP contribution in [0.1, 0.15) is 34.0 Å². The number of aromatic amines is 1. The number of esters is 1. The van der Waals surface area contributed by atoms with Gasteiger partial charge >= 0.3 is 5.97 Å². The molecule has 4 aromatic rings. The molecule has 0 aliphatic carbocycles. The Balaban J connectivity index is 1.24. The molecule has 2 aromatic heterocycles. The lowest BCUT2D eigenvalue weighted by molar-refractivity contribution is 0.0495. The van der Waals surface area contributed by atoms with E-state index in [-0.39, 0.29) is 0 Å². The SMILES string of the molecule is CCOC(=O)c1cnn(-c2nc3ccc(C(Cl)OCCOCSCc4cccc(Cl)c4)cc3[nH]2)c1. The van der Waals surface area contributed by atoms with Gasteiger partial charge in [0, 0.05) is 17.0 Å². The summed E-state index contributed by atoms with van der Waals surface area (Å²) in [6.07, 6.45) is 3.01. The van der Waals surface area contributed by atoms with Gasteiger partial charge in [-0.3, -0.25) is 0 Å². The van der Waals surface area contributed by atoms with Crippen LogP contribution < -0.4 is 0 Å². The Labute approximate surface area is 216 Å². The molecule has 0 spiro atoms. The Morgan fingerprint density at radius 2 is 2.11 bits per heavy atom. The number of thioether (sulfide) groups is 1. The molecular formula is C24H24Cl2N4O4S. The summed E-state index contributed by atoms with van der Waals surface area (Å²) < 4.78 is 17.8. The molecule has 1 N–H and O–H groups in total. The minimum Gasteiger partial charge on any atom is -0.462 e. The fourth-order valence-corrected chi connectivity index (χ4v) is 4.40. The van der Waals surface area contributed by atoms with Crippen LogP contribution >= 0.6 is 35.0 Å². The van der Waals surface area contributed by atoms with Gasteiger partial charge in [0.15, 0.2) is 5.56 Å². The predicted octanol–water partition coefficient (Wildman–Crippen LogP) is 5.74. The van der Waals surface area contributed by atoms with E-state index < -0.39 is 11.5 Å². The second kappa shape index (κ2) is 12.4. The molecule has 8 nitrogen and oxygen atoms in total. The number of carbonyl (C=O) groups is 1. The van der Waals surface area contributed by atoms with E-state index in [2.05, 4.69) is 15.1 Å². The predicted molar refractivity (Wildman–Crippen MR) is 137 cm³/mol. The number of hydrogen-bond acceptors (Lipinski definition) is 7.